The van der Waals surface area contributed by atoms with Crippen LogP contribution in [0.25, 0.3) is 5.70 Å². The molecule has 25 heavy (non-hydrogen) atoms. The average Bonchev–Trinajstić information content (AvgIpc) is 2.62. The Morgan fingerprint density at radius 1 is 1.20 bits per heavy atom. The number of hydrogen-bond acceptors (Lipinski definition) is 1. The maximum Gasteiger partial charge on any atom is 0.0432 e. The van der Waals surface area contributed by atoms with E-state index in [-0.39, 0.29) is 0 Å². The van der Waals surface area contributed by atoms with E-state index in [1.54, 1.807) is 0 Å². The molecule has 1 aromatic rings. The zero-order valence-corrected chi connectivity index (χ0v) is 16.2. The number of rotatable bonds is 7. The molecule has 1 aliphatic carbocycles. The van der Waals surface area contributed by atoms with Crippen LogP contribution < -0.4 is 0 Å². The predicted octanol–water partition coefficient (Wildman–Crippen LogP) is 6.60. The Balaban J connectivity index is 2.32. The highest BCUT2D eigenvalue weighted by molar-refractivity contribution is 5.66. The highest BCUT2D eigenvalue weighted by atomic mass is 15.2. The number of hydrogen-bond donors (Lipinski definition) is 0. The van der Waals surface area contributed by atoms with Gasteiger partial charge in [0.25, 0.3) is 0 Å². The Morgan fingerprint density at radius 2 is 1.92 bits per heavy atom. The average molecular weight is 336 g/mol. The van der Waals surface area contributed by atoms with Crippen molar-refractivity contribution in [1.29, 1.82) is 0 Å². The molecule has 0 N–H and O–H groups in total. The van der Waals surface area contributed by atoms with Crippen LogP contribution in [-0.2, 0) is 0 Å². The van der Waals surface area contributed by atoms with E-state index >= 15 is 0 Å². The fourth-order valence-corrected chi connectivity index (χ4v) is 3.73. The maximum atomic E-state index is 4.51. The second kappa shape index (κ2) is 9.46. The Kier molecular flexibility index (Phi) is 7.31. The number of allylic oxidation sites excluding steroid dienone is 3. The van der Waals surface area contributed by atoms with Crippen molar-refractivity contribution in [2.45, 2.75) is 58.9 Å². The van der Waals surface area contributed by atoms with Crippen LogP contribution in [0.2, 0.25) is 0 Å². The van der Waals surface area contributed by atoms with Gasteiger partial charge in [0.05, 0.1) is 0 Å². The molecule has 1 aromatic carbocycles. The molecule has 2 rings (SSSR count). The van der Waals surface area contributed by atoms with Gasteiger partial charge < -0.3 is 4.90 Å². The standard InChI is InChI=1S/C24H33N/c1-6-8-12-22(7-2)18-25(23-13-10-9-11-14-23)21(5)24-16-15-19(3)17-20(24)4/h6-8,12,15-17,23H,2,5,9-11,13-14,18H2,1,3-4H3/b8-6-,22-12+. The van der Waals surface area contributed by atoms with Gasteiger partial charge in [-0.25, -0.2) is 0 Å². The van der Waals surface area contributed by atoms with Gasteiger partial charge in [0.1, 0.15) is 0 Å². The van der Waals surface area contributed by atoms with Gasteiger partial charge in [-0.05, 0) is 44.7 Å². The molecule has 0 aromatic heterocycles. The zero-order chi connectivity index (χ0) is 18.2. The quantitative estimate of drug-likeness (QED) is 0.508. The van der Waals surface area contributed by atoms with Crippen LogP contribution in [-0.4, -0.2) is 17.5 Å². The first-order valence-corrected chi connectivity index (χ1v) is 9.54. The lowest BCUT2D eigenvalue weighted by atomic mass is 9.92. The van der Waals surface area contributed by atoms with E-state index in [0.717, 1.165) is 12.2 Å². The lowest BCUT2D eigenvalue weighted by Gasteiger charge is -2.38. The Morgan fingerprint density at radius 3 is 2.52 bits per heavy atom. The lowest BCUT2D eigenvalue weighted by Crippen LogP contribution is -2.36. The van der Waals surface area contributed by atoms with Crippen molar-refractivity contribution in [3.05, 3.63) is 77.9 Å². The Hall–Kier alpha value is -2.02. The molecule has 134 valence electrons. The Bertz CT molecular complexity index is 657. The summed E-state index contributed by atoms with van der Waals surface area (Å²) in [7, 11) is 0. The van der Waals surface area contributed by atoms with E-state index in [0.29, 0.717) is 6.04 Å². The third-order valence-corrected chi connectivity index (χ3v) is 5.17. The van der Waals surface area contributed by atoms with Crippen LogP contribution in [0.3, 0.4) is 0 Å². The summed E-state index contributed by atoms with van der Waals surface area (Å²) in [6.45, 7) is 15.8. The van der Waals surface area contributed by atoms with Crippen LogP contribution in [0.1, 0.15) is 55.7 Å². The molecule has 0 unspecified atom stereocenters. The van der Waals surface area contributed by atoms with E-state index in [1.165, 1.54) is 54.4 Å². The van der Waals surface area contributed by atoms with Gasteiger partial charge in [-0.2, -0.15) is 0 Å². The SMILES string of the molecule is C=C/C(=C\C=C/C)CN(C(=C)c1ccc(C)cc1C)C1CCCCC1. The molecular formula is C24H33N. The van der Waals surface area contributed by atoms with Crippen LogP contribution in [0.5, 0.6) is 0 Å². The van der Waals surface area contributed by atoms with Gasteiger partial charge in [-0.1, -0.05) is 80.5 Å². The first kappa shape index (κ1) is 19.3. The first-order chi connectivity index (χ1) is 12.1. The molecule has 1 nitrogen and oxygen atoms in total. The van der Waals surface area contributed by atoms with E-state index < -0.39 is 0 Å². The summed E-state index contributed by atoms with van der Waals surface area (Å²) in [5, 5.41) is 0. The molecule has 0 bridgehead atoms. The van der Waals surface area contributed by atoms with Crippen LogP contribution >= 0.6 is 0 Å². The first-order valence-electron chi connectivity index (χ1n) is 9.54. The molecule has 1 saturated carbocycles. The van der Waals surface area contributed by atoms with Gasteiger partial charge >= 0.3 is 0 Å². The summed E-state index contributed by atoms with van der Waals surface area (Å²) in [6.07, 6.45) is 14.8. The topological polar surface area (TPSA) is 3.24 Å². The molecule has 0 radical (unpaired) electrons. The molecule has 0 spiro atoms. The molecule has 1 aliphatic rings. The molecular weight excluding hydrogens is 302 g/mol. The van der Waals surface area contributed by atoms with Crippen molar-refractivity contribution >= 4 is 5.70 Å². The van der Waals surface area contributed by atoms with Crippen molar-refractivity contribution in [2.24, 2.45) is 0 Å². The summed E-state index contributed by atoms with van der Waals surface area (Å²) in [5.41, 5.74) is 6.28. The summed E-state index contributed by atoms with van der Waals surface area (Å²) in [6, 6.07) is 7.25. The van der Waals surface area contributed by atoms with Crippen LogP contribution in [0, 0.1) is 13.8 Å². The monoisotopic (exact) mass is 335 g/mol. The van der Waals surface area contributed by atoms with E-state index in [2.05, 4.69) is 68.3 Å². The Labute approximate surface area is 154 Å². The fraction of sp³-hybridized carbons (Fsp3) is 0.417. The number of nitrogens with zero attached hydrogens (tertiary/aromatic N) is 1. The molecule has 1 fully saturated rings. The van der Waals surface area contributed by atoms with Crippen LogP contribution in [0.4, 0.5) is 0 Å². The van der Waals surface area contributed by atoms with Gasteiger partial charge in [-0.15, -0.1) is 0 Å². The van der Waals surface area contributed by atoms with Crippen molar-refractivity contribution < 1.29 is 0 Å². The van der Waals surface area contributed by atoms with Crippen molar-refractivity contribution in [2.75, 3.05) is 6.54 Å². The van der Waals surface area contributed by atoms with E-state index in [9.17, 15) is 0 Å². The van der Waals surface area contributed by atoms with Crippen molar-refractivity contribution in [3.8, 4) is 0 Å². The van der Waals surface area contributed by atoms with Gasteiger partial charge in [-0.3, -0.25) is 0 Å². The third kappa shape index (κ3) is 5.22. The number of aryl methyl sites for hydroxylation is 2. The summed E-state index contributed by atoms with van der Waals surface area (Å²) >= 11 is 0. The lowest BCUT2D eigenvalue weighted by molar-refractivity contribution is 0.245. The highest BCUT2D eigenvalue weighted by Crippen LogP contribution is 2.31. The molecule has 0 aliphatic heterocycles. The largest absolute Gasteiger partial charge is 0.364 e. The molecule has 0 amide bonds. The van der Waals surface area contributed by atoms with Gasteiger partial charge in [0.2, 0.25) is 0 Å². The highest BCUT2D eigenvalue weighted by Gasteiger charge is 2.23. The minimum absolute atomic E-state index is 0.580. The smallest absolute Gasteiger partial charge is 0.0432 e. The maximum absolute atomic E-state index is 4.51. The molecule has 0 heterocycles. The van der Waals surface area contributed by atoms with E-state index in [4.69, 9.17) is 0 Å². The minimum Gasteiger partial charge on any atom is -0.364 e. The summed E-state index contributed by atoms with van der Waals surface area (Å²) in [5.74, 6) is 0. The van der Waals surface area contributed by atoms with Crippen molar-refractivity contribution in [1.82, 2.24) is 4.90 Å². The molecule has 0 saturated heterocycles. The van der Waals surface area contributed by atoms with Gasteiger partial charge in [0.15, 0.2) is 0 Å². The van der Waals surface area contributed by atoms with E-state index in [1.807, 2.05) is 13.0 Å². The fourth-order valence-electron chi connectivity index (χ4n) is 3.73. The second-order valence-corrected chi connectivity index (χ2v) is 7.16. The normalized spacial score (nSPS) is 16.2. The molecule has 0 atom stereocenters. The number of benzene rings is 1. The second-order valence-electron chi connectivity index (χ2n) is 7.16. The van der Waals surface area contributed by atoms with Gasteiger partial charge in [0, 0.05) is 23.8 Å². The zero-order valence-electron chi connectivity index (χ0n) is 16.2. The minimum atomic E-state index is 0.580. The summed E-state index contributed by atoms with van der Waals surface area (Å²) in [4.78, 5) is 2.52. The predicted molar refractivity (Wildman–Crippen MR) is 112 cm³/mol. The third-order valence-electron chi connectivity index (χ3n) is 5.17. The van der Waals surface area contributed by atoms with Crippen LogP contribution in [0.15, 0.2) is 61.2 Å². The van der Waals surface area contributed by atoms with Crippen molar-refractivity contribution in [3.63, 3.8) is 0 Å². The molecule has 1 heteroatoms. The summed E-state index contributed by atoms with van der Waals surface area (Å²) < 4.78 is 0.